The number of fused-ring (bicyclic) bond motifs is 1. The molecule has 22 heavy (non-hydrogen) atoms. The smallest absolute Gasteiger partial charge is 0.267 e. The van der Waals surface area contributed by atoms with Crippen molar-refractivity contribution in [1.82, 2.24) is 14.8 Å². The molecule has 0 N–H and O–H groups in total. The van der Waals surface area contributed by atoms with Crippen LogP contribution in [0.4, 0.5) is 4.39 Å². The van der Waals surface area contributed by atoms with Crippen LogP contribution in [0.5, 0.6) is 0 Å². The molecular formula is C17H16FN3O. The SMILES string of the molecule is Cc1ccccc1-n1nc(C(C)C)c2ncc(F)cc2c1=O. The highest BCUT2D eigenvalue weighted by atomic mass is 19.1. The van der Waals surface area contributed by atoms with Crippen LogP contribution in [0, 0.1) is 12.7 Å². The number of hydrogen-bond donors (Lipinski definition) is 0. The molecule has 0 saturated carbocycles. The lowest BCUT2D eigenvalue weighted by atomic mass is 10.1. The van der Waals surface area contributed by atoms with Crippen molar-refractivity contribution in [1.29, 1.82) is 0 Å². The Morgan fingerprint density at radius 1 is 1.23 bits per heavy atom. The highest BCUT2D eigenvalue weighted by Gasteiger charge is 2.16. The minimum absolute atomic E-state index is 0.0660. The molecule has 0 amide bonds. The average Bonchev–Trinajstić information content (AvgIpc) is 2.49. The fraction of sp³-hybridized carbons (Fsp3) is 0.235. The molecule has 3 aromatic rings. The van der Waals surface area contributed by atoms with E-state index in [-0.39, 0.29) is 16.9 Å². The van der Waals surface area contributed by atoms with E-state index in [1.165, 1.54) is 10.7 Å². The largest absolute Gasteiger partial charge is 0.281 e. The number of halogens is 1. The Balaban J connectivity index is 2.44. The molecule has 0 spiro atoms. The van der Waals surface area contributed by atoms with Crippen molar-refractivity contribution in [3.63, 3.8) is 0 Å². The zero-order valence-electron chi connectivity index (χ0n) is 12.7. The molecule has 4 nitrogen and oxygen atoms in total. The lowest BCUT2D eigenvalue weighted by molar-refractivity contribution is 0.622. The summed E-state index contributed by atoms with van der Waals surface area (Å²) in [5, 5.41) is 4.73. The molecule has 0 unspecified atom stereocenters. The second-order valence-electron chi connectivity index (χ2n) is 5.59. The quantitative estimate of drug-likeness (QED) is 0.729. The number of pyridine rings is 1. The summed E-state index contributed by atoms with van der Waals surface area (Å²) < 4.78 is 14.9. The first kappa shape index (κ1) is 14.4. The summed E-state index contributed by atoms with van der Waals surface area (Å²) in [5.74, 6) is -0.460. The predicted octanol–water partition coefficient (Wildman–Crippen LogP) is 3.35. The first-order valence-corrected chi connectivity index (χ1v) is 7.13. The highest BCUT2D eigenvalue weighted by molar-refractivity contribution is 5.80. The molecular weight excluding hydrogens is 281 g/mol. The molecule has 0 atom stereocenters. The topological polar surface area (TPSA) is 47.8 Å². The number of rotatable bonds is 2. The van der Waals surface area contributed by atoms with Crippen LogP contribution in [0.25, 0.3) is 16.6 Å². The van der Waals surface area contributed by atoms with Crippen molar-refractivity contribution >= 4 is 10.9 Å². The summed E-state index contributed by atoms with van der Waals surface area (Å²) in [6, 6.07) is 8.71. The van der Waals surface area contributed by atoms with E-state index in [1.54, 1.807) is 0 Å². The van der Waals surface area contributed by atoms with Gasteiger partial charge in [0.05, 0.1) is 28.5 Å². The van der Waals surface area contributed by atoms with E-state index in [1.807, 2.05) is 45.0 Å². The molecule has 0 fully saturated rings. The second-order valence-corrected chi connectivity index (χ2v) is 5.59. The van der Waals surface area contributed by atoms with Crippen LogP contribution in [0.1, 0.15) is 31.0 Å². The summed E-state index contributed by atoms with van der Waals surface area (Å²) in [5.41, 5.74) is 2.40. The maximum Gasteiger partial charge on any atom is 0.281 e. The molecule has 0 aliphatic carbocycles. The van der Waals surface area contributed by atoms with E-state index in [4.69, 9.17) is 0 Å². The van der Waals surface area contributed by atoms with Gasteiger partial charge in [-0.15, -0.1) is 0 Å². The molecule has 0 bridgehead atoms. The second kappa shape index (κ2) is 5.33. The minimum Gasteiger partial charge on any atom is -0.267 e. The number of aryl methyl sites for hydroxylation is 1. The van der Waals surface area contributed by atoms with Crippen molar-refractivity contribution in [3.05, 3.63) is 64.0 Å². The number of para-hydroxylation sites is 1. The molecule has 5 heteroatoms. The van der Waals surface area contributed by atoms with E-state index in [2.05, 4.69) is 10.1 Å². The van der Waals surface area contributed by atoms with Crippen LogP contribution in [0.2, 0.25) is 0 Å². The van der Waals surface area contributed by atoms with E-state index < -0.39 is 5.82 Å². The Hall–Kier alpha value is -2.56. The molecule has 0 saturated heterocycles. The van der Waals surface area contributed by atoms with Gasteiger partial charge in [-0.2, -0.15) is 9.78 Å². The van der Waals surface area contributed by atoms with Gasteiger partial charge < -0.3 is 0 Å². The van der Waals surface area contributed by atoms with Gasteiger partial charge in [0.1, 0.15) is 5.82 Å². The maximum absolute atomic E-state index is 13.5. The van der Waals surface area contributed by atoms with Gasteiger partial charge >= 0.3 is 0 Å². The molecule has 112 valence electrons. The summed E-state index contributed by atoms with van der Waals surface area (Å²) in [7, 11) is 0. The maximum atomic E-state index is 13.5. The first-order chi connectivity index (χ1) is 10.5. The lowest BCUT2D eigenvalue weighted by Gasteiger charge is -2.13. The van der Waals surface area contributed by atoms with Crippen LogP contribution in [0.3, 0.4) is 0 Å². The standard InChI is InChI=1S/C17H16FN3O/c1-10(2)15-16-13(8-12(18)9-19-16)17(22)21(20-15)14-7-5-4-6-11(14)3/h4-10H,1-3H3. The monoisotopic (exact) mass is 297 g/mol. The van der Waals surface area contributed by atoms with E-state index in [0.29, 0.717) is 16.9 Å². The van der Waals surface area contributed by atoms with Crippen molar-refractivity contribution < 1.29 is 4.39 Å². The summed E-state index contributed by atoms with van der Waals surface area (Å²) in [6.45, 7) is 5.85. The Morgan fingerprint density at radius 2 is 1.95 bits per heavy atom. The molecule has 3 rings (SSSR count). The molecule has 0 radical (unpaired) electrons. The number of benzene rings is 1. The molecule has 2 heterocycles. The van der Waals surface area contributed by atoms with Gasteiger partial charge in [0.2, 0.25) is 0 Å². The van der Waals surface area contributed by atoms with Crippen molar-refractivity contribution in [2.75, 3.05) is 0 Å². The molecule has 0 aliphatic rings. The number of nitrogens with zero attached hydrogens (tertiary/aromatic N) is 3. The fourth-order valence-electron chi connectivity index (χ4n) is 2.47. The lowest BCUT2D eigenvalue weighted by Crippen LogP contribution is -2.24. The van der Waals surface area contributed by atoms with Gasteiger partial charge in [-0.3, -0.25) is 9.78 Å². The van der Waals surface area contributed by atoms with Gasteiger partial charge in [-0.25, -0.2) is 4.39 Å². The Morgan fingerprint density at radius 3 is 2.64 bits per heavy atom. The van der Waals surface area contributed by atoms with E-state index in [0.717, 1.165) is 11.8 Å². The normalized spacial score (nSPS) is 11.3. The van der Waals surface area contributed by atoms with E-state index >= 15 is 0 Å². The van der Waals surface area contributed by atoms with Gasteiger partial charge in [0.25, 0.3) is 5.56 Å². The van der Waals surface area contributed by atoms with Crippen LogP contribution in [0.15, 0.2) is 41.3 Å². The fourth-order valence-corrected chi connectivity index (χ4v) is 2.47. The summed E-state index contributed by atoms with van der Waals surface area (Å²) in [6.07, 6.45) is 1.12. The van der Waals surface area contributed by atoms with Crippen LogP contribution in [-0.2, 0) is 0 Å². The molecule has 1 aromatic carbocycles. The van der Waals surface area contributed by atoms with Crippen LogP contribution in [-0.4, -0.2) is 14.8 Å². The zero-order chi connectivity index (χ0) is 15.9. The van der Waals surface area contributed by atoms with Crippen molar-refractivity contribution in [2.24, 2.45) is 0 Å². The van der Waals surface area contributed by atoms with Crippen LogP contribution >= 0.6 is 0 Å². The third-order valence-electron chi connectivity index (χ3n) is 3.62. The summed E-state index contributed by atoms with van der Waals surface area (Å²) in [4.78, 5) is 16.8. The zero-order valence-corrected chi connectivity index (χ0v) is 12.7. The number of aromatic nitrogens is 3. The van der Waals surface area contributed by atoms with Gasteiger partial charge in [-0.1, -0.05) is 32.0 Å². The van der Waals surface area contributed by atoms with Gasteiger partial charge in [-0.05, 0) is 30.5 Å². The molecule has 0 aliphatic heterocycles. The van der Waals surface area contributed by atoms with Crippen molar-refractivity contribution in [3.8, 4) is 5.69 Å². The molecule has 2 aromatic heterocycles. The highest BCUT2D eigenvalue weighted by Crippen LogP contribution is 2.21. The number of hydrogen-bond acceptors (Lipinski definition) is 3. The van der Waals surface area contributed by atoms with Gasteiger partial charge in [0, 0.05) is 0 Å². The average molecular weight is 297 g/mol. The Kier molecular flexibility index (Phi) is 3.48. The summed E-state index contributed by atoms with van der Waals surface area (Å²) >= 11 is 0. The third kappa shape index (κ3) is 2.28. The Bertz CT molecular complexity index is 915. The third-order valence-corrected chi connectivity index (χ3v) is 3.62. The van der Waals surface area contributed by atoms with Crippen LogP contribution < -0.4 is 5.56 Å². The minimum atomic E-state index is -0.526. The van der Waals surface area contributed by atoms with Crippen molar-refractivity contribution in [2.45, 2.75) is 26.7 Å². The Labute approximate surface area is 127 Å². The first-order valence-electron chi connectivity index (χ1n) is 7.13. The van der Waals surface area contributed by atoms with E-state index in [9.17, 15) is 9.18 Å². The predicted molar refractivity (Wildman–Crippen MR) is 83.9 cm³/mol. The van der Waals surface area contributed by atoms with Gasteiger partial charge in [0.15, 0.2) is 0 Å².